The quantitative estimate of drug-likeness (QED) is 0.883. The van der Waals surface area contributed by atoms with Crippen molar-refractivity contribution in [2.45, 2.75) is 12.5 Å². The highest BCUT2D eigenvalue weighted by Crippen LogP contribution is 2.27. The molecular weight excluding hydrogens is 224 g/mol. The second-order valence-electron chi connectivity index (χ2n) is 3.52. The van der Waals surface area contributed by atoms with E-state index in [1.54, 1.807) is 36.4 Å². The van der Waals surface area contributed by atoms with E-state index in [-0.39, 0.29) is 0 Å². The molecule has 0 aliphatic heterocycles. The molecule has 0 aliphatic carbocycles. The van der Waals surface area contributed by atoms with Crippen LogP contribution in [0.2, 0.25) is 0 Å². The maximum Gasteiger partial charge on any atom is 0.162 e. The van der Waals surface area contributed by atoms with Crippen LogP contribution >= 0.6 is 11.3 Å². The number of ether oxygens (including phenoxy) is 1. The van der Waals surface area contributed by atoms with E-state index in [0.717, 1.165) is 10.6 Å². The Labute approximate surface area is 98.1 Å². The van der Waals surface area contributed by atoms with Crippen LogP contribution in [0.15, 0.2) is 23.7 Å². The first-order valence-electron chi connectivity index (χ1n) is 4.98. The van der Waals surface area contributed by atoms with Crippen molar-refractivity contribution in [3.63, 3.8) is 0 Å². The fourth-order valence-electron chi connectivity index (χ4n) is 1.68. The van der Waals surface area contributed by atoms with Crippen LogP contribution in [0.4, 0.5) is 0 Å². The molecule has 2 heterocycles. The minimum Gasteiger partial charge on any atom is -0.493 e. The Morgan fingerprint density at radius 1 is 1.62 bits per heavy atom. The molecular formula is C11H14N2O2S. The maximum absolute atomic E-state index is 10.1. The number of aliphatic hydroxyl groups excluding tert-OH is 1. The Bertz CT molecular complexity index is 451. The predicted molar refractivity (Wildman–Crippen MR) is 62.7 cm³/mol. The van der Waals surface area contributed by atoms with E-state index in [2.05, 4.69) is 5.10 Å². The summed E-state index contributed by atoms with van der Waals surface area (Å²) in [6.07, 6.45) is 1.63. The van der Waals surface area contributed by atoms with Crippen molar-refractivity contribution in [2.24, 2.45) is 7.05 Å². The van der Waals surface area contributed by atoms with E-state index in [1.165, 1.54) is 0 Å². The largest absolute Gasteiger partial charge is 0.493 e. The van der Waals surface area contributed by atoms with Gasteiger partial charge < -0.3 is 9.84 Å². The minimum atomic E-state index is -0.582. The van der Waals surface area contributed by atoms with Gasteiger partial charge in [-0.1, -0.05) is 6.07 Å². The number of hydrogen-bond donors (Lipinski definition) is 1. The summed E-state index contributed by atoms with van der Waals surface area (Å²) in [5, 5.41) is 16.2. The van der Waals surface area contributed by atoms with E-state index < -0.39 is 6.10 Å². The third kappa shape index (κ3) is 2.10. The first kappa shape index (κ1) is 11.2. The van der Waals surface area contributed by atoms with Crippen molar-refractivity contribution in [3.05, 3.63) is 34.3 Å². The molecule has 0 aromatic carbocycles. The van der Waals surface area contributed by atoms with Crippen molar-refractivity contribution in [1.29, 1.82) is 0 Å². The van der Waals surface area contributed by atoms with Crippen LogP contribution in [-0.4, -0.2) is 22.0 Å². The van der Waals surface area contributed by atoms with Crippen LogP contribution in [0.5, 0.6) is 5.75 Å². The van der Waals surface area contributed by atoms with E-state index >= 15 is 0 Å². The van der Waals surface area contributed by atoms with Gasteiger partial charge in [-0.15, -0.1) is 11.3 Å². The zero-order valence-electron chi connectivity index (χ0n) is 9.25. The second kappa shape index (κ2) is 4.67. The second-order valence-corrected chi connectivity index (χ2v) is 4.55. The number of hydrogen-bond acceptors (Lipinski definition) is 4. The van der Waals surface area contributed by atoms with Crippen LogP contribution in [0, 0.1) is 0 Å². The molecule has 4 nitrogen and oxygen atoms in total. The lowest BCUT2D eigenvalue weighted by Gasteiger charge is -2.11. The van der Waals surface area contributed by atoms with Crippen molar-refractivity contribution >= 4 is 11.3 Å². The van der Waals surface area contributed by atoms with E-state index in [0.29, 0.717) is 12.2 Å². The highest BCUT2D eigenvalue weighted by Gasteiger charge is 2.18. The molecule has 2 rings (SSSR count). The third-order valence-corrected chi connectivity index (χ3v) is 3.36. The zero-order chi connectivity index (χ0) is 11.5. The minimum absolute atomic E-state index is 0.582. The monoisotopic (exact) mass is 238 g/mol. The summed E-state index contributed by atoms with van der Waals surface area (Å²) in [5.74, 6) is 0.631. The summed E-state index contributed by atoms with van der Waals surface area (Å²) in [5.41, 5.74) is 0.718. The number of aromatic nitrogens is 2. The van der Waals surface area contributed by atoms with Crippen LogP contribution < -0.4 is 4.74 Å². The van der Waals surface area contributed by atoms with Crippen molar-refractivity contribution in [3.8, 4) is 5.75 Å². The Morgan fingerprint density at radius 2 is 2.44 bits per heavy atom. The average Bonchev–Trinajstić information content (AvgIpc) is 2.87. The molecule has 1 unspecified atom stereocenters. The van der Waals surface area contributed by atoms with Gasteiger partial charge in [0.25, 0.3) is 0 Å². The van der Waals surface area contributed by atoms with Gasteiger partial charge in [-0.05, 0) is 11.4 Å². The van der Waals surface area contributed by atoms with Gasteiger partial charge in [-0.3, -0.25) is 4.68 Å². The summed E-state index contributed by atoms with van der Waals surface area (Å²) in [6, 6.07) is 3.99. The normalized spacial score (nSPS) is 12.7. The van der Waals surface area contributed by atoms with Crippen molar-refractivity contribution < 1.29 is 9.84 Å². The highest BCUT2D eigenvalue weighted by atomic mass is 32.1. The number of nitrogens with zero attached hydrogens (tertiary/aromatic N) is 2. The Morgan fingerprint density at radius 3 is 3.06 bits per heavy atom. The van der Waals surface area contributed by atoms with Gasteiger partial charge in [-0.25, -0.2) is 0 Å². The Kier molecular flexibility index (Phi) is 3.26. The summed E-state index contributed by atoms with van der Waals surface area (Å²) in [6.45, 7) is 0. The number of thiophene rings is 1. The van der Waals surface area contributed by atoms with E-state index in [4.69, 9.17) is 4.74 Å². The van der Waals surface area contributed by atoms with Gasteiger partial charge in [0.15, 0.2) is 5.75 Å². The fraction of sp³-hybridized carbons (Fsp3) is 0.364. The summed E-state index contributed by atoms with van der Waals surface area (Å²) < 4.78 is 6.82. The van der Waals surface area contributed by atoms with Crippen LogP contribution in [0.1, 0.15) is 16.7 Å². The van der Waals surface area contributed by atoms with Crippen LogP contribution in [0.3, 0.4) is 0 Å². The van der Waals surface area contributed by atoms with Gasteiger partial charge in [0.05, 0.1) is 13.3 Å². The van der Waals surface area contributed by atoms with Gasteiger partial charge in [-0.2, -0.15) is 5.10 Å². The molecule has 5 heteroatoms. The van der Waals surface area contributed by atoms with Gasteiger partial charge in [0.2, 0.25) is 0 Å². The third-order valence-electron chi connectivity index (χ3n) is 2.46. The summed E-state index contributed by atoms with van der Waals surface area (Å²) in [4.78, 5) is 1.15. The van der Waals surface area contributed by atoms with Crippen LogP contribution in [0.25, 0.3) is 0 Å². The molecule has 1 N–H and O–H groups in total. The molecule has 2 aromatic heterocycles. The Balaban J connectivity index is 2.20. The highest BCUT2D eigenvalue weighted by molar-refractivity contribution is 7.09. The molecule has 16 heavy (non-hydrogen) atoms. The van der Waals surface area contributed by atoms with Gasteiger partial charge in [0.1, 0.15) is 11.8 Å². The maximum atomic E-state index is 10.1. The Hall–Kier alpha value is -1.33. The molecule has 1 atom stereocenters. The average molecular weight is 238 g/mol. The zero-order valence-corrected chi connectivity index (χ0v) is 10.1. The number of aliphatic hydroxyl groups is 1. The van der Waals surface area contributed by atoms with Gasteiger partial charge >= 0.3 is 0 Å². The molecule has 0 saturated heterocycles. The standard InChI is InChI=1S/C11H14N2O2S/c1-13-11(10(15-2)7-12-13)9(14)6-8-4-3-5-16-8/h3-5,7,9,14H,6H2,1-2H3. The van der Waals surface area contributed by atoms with E-state index in [9.17, 15) is 5.11 Å². The number of aryl methyl sites for hydroxylation is 1. The lowest BCUT2D eigenvalue weighted by atomic mass is 10.1. The molecule has 0 radical (unpaired) electrons. The molecule has 86 valence electrons. The van der Waals surface area contributed by atoms with Crippen molar-refractivity contribution in [2.75, 3.05) is 7.11 Å². The molecule has 2 aromatic rings. The number of methoxy groups -OCH3 is 1. The molecule has 0 bridgehead atoms. The summed E-state index contributed by atoms with van der Waals surface area (Å²) >= 11 is 1.64. The lowest BCUT2D eigenvalue weighted by molar-refractivity contribution is 0.165. The first-order chi connectivity index (χ1) is 7.72. The fourth-order valence-corrected chi connectivity index (χ4v) is 2.42. The summed E-state index contributed by atoms with van der Waals surface area (Å²) in [7, 11) is 3.38. The van der Waals surface area contributed by atoms with Crippen molar-refractivity contribution in [1.82, 2.24) is 9.78 Å². The predicted octanol–water partition coefficient (Wildman–Crippen LogP) is 1.77. The smallest absolute Gasteiger partial charge is 0.162 e. The van der Waals surface area contributed by atoms with Crippen LogP contribution in [-0.2, 0) is 13.5 Å². The first-order valence-corrected chi connectivity index (χ1v) is 5.86. The van der Waals surface area contributed by atoms with E-state index in [1.807, 2.05) is 17.5 Å². The molecule has 0 saturated carbocycles. The molecule has 0 spiro atoms. The van der Waals surface area contributed by atoms with Gasteiger partial charge in [0, 0.05) is 18.3 Å². The molecule has 0 fully saturated rings. The lowest BCUT2D eigenvalue weighted by Crippen LogP contribution is -2.08. The topological polar surface area (TPSA) is 47.3 Å². The molecule has 0 aliphatic rings. The molecule has 0 amide bonds. The SMILES string of the molecule is COc1cnn(C)c1C(O)Cc1cccs1. The number of rotatable bonds is 4.